The van der Waals surface area contributed by atoms with Gasteiger partial charge in [-0.1, -0.05) is 32.4 Å². The largest absolute Gasteiger partial charge is 0.507 e. The van der Waals surface area contributed by atoms with Crippen molar-refractivity contribution >= 4 is 5.91 Å². The highest BCUT2D eigenvalue weighted by molar-refractivity contribution is 5.97. The van der Waals surface area contributed by atoms with Gasteiger partial charge in [0.25, 0.3) is 5.91 Å². The molecule has 1 aromatic carbocycles. The Morgan fingerprint density at radius 1 is 1.41 bits per heavy atom. The summed E-state index contributed by atoms with van der Waals surface area (Å²) in [5.41, 5.74) is 1.06. The second-order valence-electron chi connectivity index (χ2n) is 4.62. The second kappa shape index (κ2) is 5.71. The van der Waals surface area contributed by atoms with Crippen molar-refractivity contribution in [1.82, 2.24) is 5.32 Å². The first-order valence-corrected chi connectivity index (χ1v) is 6.06. The monoisotopic (exact) mass is 235 g/mol. The number of para-hydroxylation sites is 1. The van der Waals surface area contributed by atoms with Crippen molar-refractivity contribution in [3.8, 4) is 5.75 Å². The number of hydrogen-bond acceptors (Lipinski definition) is 2. The molecule has 1 aromatic rings. The summed E-state index contributed by atoms with van der Waals surface area (Å²) >= 11 is 0. The maximum Gasteiger partial charge on any atom is 0.255 e. The SMILES string of the molecule is CCC(C)C(C)NC(=O)c1cccc(C)c1O. The van der Waals surface area contributed by atoms with Gasteiger partial charge in [0.15, 0.2) is 0 Å². The van der Waals surface area contributed by atoms with Crippen LogP contribution >= 0.6 is 0 Å². The number of benzene rings is 1. The van der Waals surface area contributed by atoms with E-state index in [1.807, 2.05) is 6.92 Å². The number of nitrogens with one attached hydrogen (secondary N) is 1. The van der Waals surface area contributed by atoms with E-state index in [0.717, 1.165) is 6.42 Å². The summed E-state index contributed by atoms with van der Waals surface area (Å²) in [6.45, 7) is 7.96. The number of phenols is 1. The minimum absolute atomic E-state index is 0.0707. The number of rotatable bonds is 4. The number of carbonyl (C=O) groups excluding carboxylic acids is 1. The highest BCUT2D eigenvalue weighted by Crippen LogP contribution is 2.21. The highest BCUT2D eigenvalue weighted by Gasteiger charge is 2.17. The van der Waals surface area contributed by atoms with Crippen molar-refractivity contribution in [3.05, 3.63) is 29.3 Å². The first kappa shape index (κ1) is 13.6. The lowest BCUT2D eigenvalue weighted by molar-refractivity contribution is 0.0925. The molecule has 0 aliphatic rings. The van der Waals surface area contributed by atoms with Gasteiger partial charge in [-0.3, -0.25) is 4.79 Å². The summed E-state index contributed by atoms with van der Waals surface area (Å²) < 4.78 is 0. The molecule has 0 bridgehead atoms. The van der Waals surface area contributed by atoms with Crippen LogP contribution in [0.5, 0.6) is 5.75 Å². The number of aromatic hydroxyl groups is 1. The van der Waals surface area contributed by atoms with Gasteiger partial charge in [0.1, 0.15) is 5.75 Å². The molecule has 0 aliphatic heterocycles. The van der Waals surface area contributed by atoms with E-state index >= 15 is 0 Å². The fourth-order valence-electron chi connectivity index (χ4n) is 1.62. The smallest absolute Gasteiger partial charge is 0.255 e. The maximum atomic E-state index is 12.0. The van der Waals surface area contributed by atoms with Crippen LogP contribution in [0, 0.1) is 12.8 Å². The van der Waals surface area contributed by atoms with Crippen LogP contribution in [0.25, 0.3) is 0 Å². The molecule has 17 heavy (non-hydrogen) atoms. The summed E-state index contributed by atoms with van der Waals surface area (Å²) in [5.74, 6) is 0.284. The summed E-state index contributed by atoms with van der Waals surface area (Å²) in [6.07, 6.45) is 1.02. The van der Waals surface area contributed by atoms with Gasteiger partial charge in [0.05, 0.1) is 5.56 Å². The minimum Gasteiger partial charge on any atom is -0.507 e. The van der Waals surface area contributed by atoms with Crippen LogP contribution in [-0.2, 0) is 0 Å². The molecule has 0 radical (unpaired) electrons. The van der Waals surface area contributed by atoms with E-state index in [0.29, 0.717) is 17.0 Å². The quantitative estimate of drug-likeness (QED) is 0.843. The van der Waals surface area contributed by atoms with Crippen LogP contribution in [-0.4, -0.2) is 17.1 Å². The lowest BCUT2D eigenvalue weighted by Gasteiger charge is -2.20. The van der Waals surface area contributed by atoms with E-state index in [1.165, 1.54) is 0 Å². The van der Waals surface area contributed by atoms with Crippen molar-refractivity contribution in [1.29, 1.82) is 0 Å². The maximum absolute atomic E-state index is 12.0. The van der Waals surface area contributed by atoms with E-state index in [2.05, 4.69) is 19.2 Å². The van der Waals surface area contributed by atoms with Crippen LogP contribution in [0.3, 0.4) is 0 Å². The number of hydrogen-bond donors (Lipinski definition) is 2. The van der Waals surface area contributed by atoms with Crippen molar-refractivity contribution in [3.63, 3.8) is 0 Å². The lowest BCUT2D eigenvalue weighted by atomic mass is 10.0. The van der Waals surface area contributed by atoms with E-state index in [-0.39, 0.29) is 17.7 Å². The molecule has 2 unspecified atom stereocenters. The molecule has 1 rings (SSSR count). The number of phenolic OH excluding ortho intramolecular Hbond substituents is 1. The van der Waals surface area contributed by atoms with Crippen LogP contribution < -0.4 is 5.32 Å². The molecule has 0 aromatic heterocycles. The average Bonchev–Trinajstić information content (AvgIpc) is 2.31. The van der Waals surface area contributed by atoms with E-state index in [1.54, 1.807) is 25.1 Å². The highest BCUT2D eigenvalue weighted by atomic mass is 16.3. The van der Waals surface area contributed by atoms with Crippen LogP contribution in [0.4, 0.5) is 0 Å². The third kappa shape index (κ3) is 3.22. The molecule has 2 N–H and O–H groups in total. The Balaban J connectivity index is 2.80. The van der Waals surface area contributed by atoms with Crippen molar-refractivity contribution in [2.75, 3.05) is 0 Å². The molecule has 0 fully saturated rings. The van der Waals surface area contributed by atoms with Crippen molar-refractivity contribution in [2.45, 2.75) is 40.2 Å². The fraction of sp³-hybridized carbons (Fsp3) is 0.500. The molecule has 0 spiro atoms. The van der Waals surface area contributed by atoms with E-state index < -0.39 is 0 Å². The summed E-state index contributed by atoms with van der Waals surface area (Å²) in [4.78, 5) is 12.0. The first-order valence-electron chi connectivity index (χ1n) is 6.06. The second-order valence-corrected chi connectivity index (χ2v) is 4.62. The summed E-state index contributed by atoms with van der Waals surface area (Å²) in [5, 5.41) is 12.7. The Morgan fingerprint density at radius 2 is 2.06 bits per heavy atom. The van der Waals surface area contributed by atoms with Gasteiger partial charge < -0.3 is 10.4 Å². The number of aryl methyl sites for hydroxylation is 1. The Morgan fingerprint density at radius 3 is 2.65 bits per heavy atom. The van der Waals surface area contributed by atoms with Crippen molar-refractivity contribution < 1.29 is 9.90 Å². The molecule has 2 atom stereocenters. The molecule has 3 heteroatoms. The van der Waals surface area contributed by atoms with E-state index in [4.69, 9.17) is 0 Å². The fourth-order valence-corrected chi connectivity index (χ4v) is 1.62. The third-order valence-corrected chi connectivity index (χ3v) is 3.34. The van der Waals surface area contributed by atoms with Gasteiger partial charge in [0, 0.05) is 6.04 Å². The summed E-state index contributed by atoms with van der Waals surface area (Å²) in [6, 6.07) is 5.30. The number of carbonyl (C=O) groups is 1. The van der Waals surface area contributed by atoms with Gasteiger partial charge in [-0.05, 0) is 31.4 Å². The molecule has 3 nitrogen and oxygen atoms in total. The van der Waals surface area contributed by atoms with E-state index in [9.17, 15) is 9.90 Å². The van der Waals surface area contributed by atoms with Crippen LogP contribution in [0.1, 0.15) is 43.1 Å². The molecule has 0 saturated heterocycles. The third-order valence-electron chi connectivity index (χ3n) is 3.34. The van der Waals surface area contributed by atoms with Gasteiger partial charge in [0.2, 0.25) is 0 Å². The lowest BCUT2D eigenvalue weighted by Crippen LogP contribution is -2.36. The molecule has 94 valence electrons. The Labute approximate surface area is 103 Å². The summed E-state index contributed by atoms with van der Waals surface area (Å²) in [7, 11) is 0. The Hall–Kier alpha value is -1.51. The predicted molar refractivity (Wildman–Crippen MR) is 69.2 cm³/mol. The minimum atomic E-state index is -0.209. The molecule has 0 aliphatic carbocycles. The zero-order chi connectivity index (χ0) is 13.0. The topological polar surface area (TPSA) is 49.3 Å². The Kier molecular flexibility index (Phi) is 4.55. The standard InChI is InChI=1S/C14H21NO2/c1-5-9(2)11(4)15-14(17)12-8-6-7-10(3)13(12)16/h6-9,11,16H,5H2,1-4H3,(H,15,17). The average molecular weight is 235 g/mol. The van der Waals surface area contributed by atoms with Crippen LogP contribution in [0.15, 0.2) is 18.2 Å². The van der Waals surface area contributed by atoms with Crippen molar-refractivity contribution in [2.24, 2.45) is 5.92 Å². The molecular weight excluding hydrogens is 214 g/mol. The molecular formula is C14H21NO2. The molecule has 0 saturated carbocycles. The van der Waals surface area contributed by atoms with Crippen LogP contribution in [0.2, 0.25) is 0 Å². The predicted octanol–water partition coefficient (Wildman–Crippen LogP) is 2.87. The first-order chi connectivity index (χ1) is 7.97. The zero-order valence-corrected chi connectivity index (χ0v) is 10.9. The normalized spacial score (nSPS) is 14.1. The van der Waals surface area contributed by atoms with Gasteiger partial charge in [-0.25, -0.2) is 0 Å². The Bertz CT molecular complexity index is 401. The number of amides is 1. The van der Waals surface area contributed by atoms with Gasteiger partial charge >= 0.3 is 0 Å². The molecule has 0 heterocycles. The van der Waals surface area contributed by atoms with Gasteiger partial charge in [-0.2, -0.15) is 0 Å². The zero-order valence-electron chi connectivity index (χ0n) is 10.9. The van der Waals surface area contributed by atoms with Gasteiger partial charge in [-0.15, -0.1) is 0 Å². The molecule has 1 amide bonds.